The Balaban J connectivity index is 1.64. The summed E-state index contributed by atoms with van der Waals surface area (Å²) in [5.41, 5.74) is 3.01. The molecule has 2 amide bonds. The van der Waals surface area contributed by atoms with Crippen LogP contribution in [0.3, 0.4) is 0 Å². The summed E-state index contributed by atoms with van der Waals surface area (Å²) in [6.45, 7) is 7.84. The van der Waals surface area contributed by atoms with E-state index in [1.54, 1.807) is 0 Å². The van der Waals surface area contributed by atoms with Crippen molar-refractivity contribution in [1.29, 1.82) is 0 Å². The van der Waals surface area contributed by atoms with Gasteiger partial charge in [0.25, 0.3) is 0 Å². The molecule has 1 unspecified atom stereocenters. The van der Waals surface area contributed by atoms with Crippen LogP contribution in [0, 0.1) is 6.92 Å². The maximum absolute atomic E-state index is 13.1. The van der Waals surface area contributed by atoms with Crippen molar-refractivity contribution in [3.05, 3.63) is 64.7 Å². The molecule has 1 atom stereocenters. The summed E-state index contributed by atoms with van der Waals surface area (Å²) >= 11 is 6.02. The number of benzene rings is 2. The molecule has 1 N–H and O–H groups in total. The lowest BCUT2D eigenvalue weighted by molar-refractivity contribution is 0.150. The van der Waals surface area contributed by atoms with Crippen molar-refractivity contribution in [2.24, 2.45) is 0 Å². The Labute approximate surface area is 179 Å². The molecule has 5 heteroatoms. The van der Waals surface area contributed by atoms with Gasteiger partial charge in [-0.05, 0) is 69.0 Å². The van der Waals surface area contributed by atoms with Crippen LogP contribution >= 0.6 is 11.6 Å². The lowest BCUT2D eigenvalue weighted by atomic mass is 10.0. The molecule has 0 aromatic heterocycles. The number of hydrogen-bond donors (Lipinski definition) is 1. The third-order valence-electron chi connectivity index (χ3n) is 5.77. The number of aryl methyl sites for hydroxylation is 1. The zero-order chi connectivity index (χ0) is 20.6. The van der Waals surface area contributed by atoms with Crippen LogP contribution in [0.4, 0.5) is 10.5 Å². The van der Waals surface area contributed by atoms with E-state index in [9.17, 15) is 4.79 Å². The number of amides is 2. The first-order valence-electron chi connectivity index (χ1n) is 10.6. The number of piperidine rings is 1. The average molecular weight is 414 g/mol. The van der Waals surface area contributed by atoms with Gasteiger partial charge in [0.15, 0.2) is 0 Å². The van der Waals surface area contributed by atoms with E-state index in [0.29, 0.717) is 17.6 Å². The third-order valence-corrected chi connectivity index (χ3v) is 6.03. The van der Waals surface area contributed by atoms with Crippen molar-refractivity contribution in [3.63, 3.8) is 0 Å². The van der Waals surface area contributed by atoms with E-state index in [2.05, 4.69) is 17.1 Å². The molecule has 0 aliphatic carbocycles. The van der Waals surface area contributed by atoms with Gasteiger partial charge in [0.05, 0.1) is 0 Å². The van der Waals surface area contributed by atoms with Crippen molar-refractivity contribution in [2.45, 2.75) is 52.1 Å². The van der Waals surface area contributed by atoms with Gasteiger partial charge >= 0.3 is 6.03 Å². The van der Waals surface area contributed by atoms with Gasteiger partial charge in [-0.15, -0.1) is 0 Å². The Hall–Kier alpha value is -2.04. The highest BCUT2D eigenvalue weighted by atomic mass is 35.5. The standard InChI is InChI=1S/C24H32ClN3O/c1-19-8-3-4-10-23(19)26-24(29)28(18-21-11-13-22(25)14-12-21)17-7-16-27-15-6-5-9-20(27)2/h3-4,8,10-14,20H,5-7,9,15-18H2,1-2H3,(H,26,29). The quantitative estimate of drug-likeness (QED) is 0.608. The van der Waals surface area contributed by atoms with Gasteiger partial charge in [-0.2, -0.15) is 0 Å². The molecule has 1 fully saturated rings. The normalized spacial score (nSPS) is 17.1. The first-order valence-corrected chi connectivity index (χ1v) is 11.0. The number of likely N-dealkylation sites (tertiary alicyclic amines) is 1. The van der Waals surface area contributed by atoms with E-state index in [4.69, 9.17) is 11.6 Å². The van der Waals surface area contributed by atoms with Gasteiger partial charge in [0.2, 0.25) is 0 Å². The average Bonchev–Trinajstić information content (AvgIpc) is 2.72. The number of hydrogen-bond acceptors (Lipinski definition) is 2. The monoisotopic (exact) mass is 413 g/mol. The van der Waals surface area contributed by atoms with E-state index in [1.165, 1.54) is 25.8 Å². The van der Waals surface area contributed by atoms with Gasteiger partial charge < -0.3 is 15.1 Å². The molecule has 1 heterocycles. The molecule has 0 spiro atoms. The minimum Gasteiger partial charge on any atom is -0.320 e. The Morgan fingerprint density at radius 2 is 1.93 bits per heavy atom. The summed E-state index contributed by atoms with van der Waals surface area (Å²) in [4.78, 5) is 17.5. The first kappa shape index (κ1) is 21.7. The van der Waals surface area contributed by atoms with Crippen LogP contribution in [-0.4, -0.2) is 41.5 Å². The van der Waals surface area contributed by atoms with E-state index in [1.807, 2.05) is 60.4 Å². The van der Waals surface area contributed by atoms with E-state index >= 15 is 0 Å². The SMILES string of the molecule is Cc1ccccc1NC(=O)N(CCCN1CCCCC1C)Cc1ccc(Cl)cc1. The fraction of sp³-hybridized carbons (Fsp3) is 0.458. The number of urea groups is 1. The number of carbonyl (C=O) groups is 1. The van der Waals surface area contributed by atoms with E-state index in [-0.39, 0.29) is 6.03 Å². The molecular formula is C24H32ClN3O. The fourth-order valence-electron chi connectivity index (χ4n) is 3.92. The highest BCUT2D eigenvalue weighted by molar-refractivity contribution is 6.30. The number of anilines is 1. The summed E-state index contributed by atoms with van der Waals surface area (Å²) in [6, 6.07) is 16.2. The Kier molecular flexibility index (Phi) is 7.96. The summed E-state index contributed by atoms with van der Waals surface area (Å²) in [5.74, 6) is 0. The van der Waals surface area contributed by atoms with Crippen LogP contribution in [-0.2, 0) is 6.54 Å². The van der Waals surface area contributed by atoms with Crippen LogP contribution in [0.1, 0.15) is 43.7 Å². The number of para-hydroxylation sites is 1. The lowest BCUT2D eigenvalue weighted by Crippen LogP contribution is -2.40. The predicted molar refractivity (Wildman–Crippen MR) is 122 cm³/mol. The van der Waals surface area contributed by atoms with Crippen molar-refractivity contribution >= 4 is 23.3 Å². The molecule has 3 rings (SSSR count). The highest BCUT2D eigenvalue weighted by Crippen LogP contribution is 2.18. The number of halogens is 1. The number of nitrogens with zero attached hydrogens (tertiary/aromatic N) is 2. The van der Waals surface area contributed by atoms with Crippen LogP contribution in [0.2, 0.25) is 5.02 Å². The van der Waals surface area contributed by atoms with Crippen molar-refractivity contribution < 1.29 is 4.79 Å². The van der Waals surface area contributed by atoms with Gasteiger partial charge in [-0.3, -0.25) is 0 Å². The van der Waals surface area contributed by atoms with Crippen molar-refractivity contribution in [2.75, 3.05) is 25.0 Å². The smallest absolute Gasteiger partial charge is 0.320 e. The van der Waals surface area contributed by atoms with Crippen LogP contribution < -0.4 is 5.32 Å². The molecule has 2 aromatic carbocycles. The third kappa shape index (κ3) is 6.48. The van der Waals surface area contributed by atoms with Crippen molar-refractivity contribution in [1.82, 2.24) is 9.80 Å². The highest BCUT2D eigenvalue weighted by Gasteiger charge is 2.19. The molecule has 1 aliphatic rings. The second-order valence-corrected chi connectivity index (χ2v) is 8.46. The zero-order valence-electron chi connectivity index (χ0n) is 17.5. The maximum atomic E-state index is 13.1. The van der Waals surface area contributed by atoms with Crippen molar-refractivity contribution in [3.8, 4) is 0 Å². The summed E-state index contributed by atoms with van der Waals surface area (Å²) < 4.78 is 0. The maximum Gasteiger partial charge on any atom is 0.322 e. The molecule has 156 valence electrons. The second-order valence-electron chi connectivity index (χ2n) is 8.03. The number of nitrogens with one attached hydrogen (secondary N) is 1. The molecule has 0 radical (unpaired) electrons. The van der Waals surface area contributed by atoms with Gasteiger partial charge in [-0.1, -0.05) is 48.4 Å². The van der Waals surface area contributed by atoms with Gasteiger partial charge in [0.1, 0.15) is 0 Å². The second kappa shape index (κ2) is 10.7. The summed E-state index contributed by atoms with van der Waals surface area (Å²) in [5, 5.41) is 3.80. The lowest BCUT2D eigenvalue weighted by Gasteiger charge is -2.34. The molecule has 0 bridgehead atoms. The molecular weight excluding hydrogens is 382 g/mol. The van der Waals surface area contributed by atoms with Crippen LogP contribution in [0.25, 0.3) is 0 Å². The Bertz CT molecular complexity index is 793. The van der Waals surface area contributed by atoms with Gasteiger partial charge in [0, 0.05) is 36.4 Å². The van der Waals surface area contributed by atoms with Gasteiger partial charge in [-0.25, -0.2) is 4.79 Å². The summed E-state index contributed by atoms with van der Waals surface area (Å²) in [7, 11) is 0. The zero-order valence-corrected chi connectivity index (χ0v) is 18.3. The predicted octanol–water partition coefficient (Wildman–Crippen LogP) is 5.95. The van der Waals surface area contributed by atoms with Crippen LogP contribution in [0.5, 0.6) is 0 Å². The topological polar surface area (TPSA) is 35.6 Å². The minimum absolute atomic E-state index is 0.0547. The molecule has 4 nitrogen and oxygen atoms in total. The molecule has 1 aliphatic heterocycles. The Morgan fingerprint density at radius 3 is 2.66 bits per heavy atom. The number of carbonyl (C=O) groups excluding carboxylic acids is 1. The van der Waals surface area contributed by atoms with Crippen LogP contribution in [0.15, 0.2) is 48.5 Å². The largest absolute Gasteiger partial charge is 0.322 e. The molecule has 29 heavy (non-hydrogen) atoms. The van der Waals surface area contributed by atoms with E-state index < -0.39 is 0 Å². The number of rotatable bonds is 7. The first-order chi connectivity index (χ1) is 14.0. The van der Waals surface area contributed by atoms with E-state index in [0.717, 1.165) is 36.3 Å². The Morgan fingerprint density at radius 1 is 1.17 bits per heavy atom. The summed E-state index contributed by atoms with van der Waals surface area (Å²) in [6.07, 6.45) is 4.87. The molecule has 0 saturated carbocycles. The molecule has 2 aromatic rings. The fourth-order valence-corrected chi connectivity index (χ4v) is 4.05. The minimum atomic E-state index is -0.0547. The molecule has 1 saturated heterocycles.